The Hall–Kier alpha value is -0.780. The summed E-state index contributed by atoms with van der Waals surface area (Å²) in [5.74, 6) is -1.29. The standard InChI is InChI=1S/C33H64O5/c1-3-5-7-9-11-13-15-17-19-21-23-25-27-30(35)33(38,32(37)29-34)31(36)28-26-24-22-20-18-16-14-12-10-8-6-4-2/h32,34,37-38H,3-29H2,1-2H3/t32-/m0/s1. The van der Waals surface area contributed by atoms with E-state index in [1.54, 1.807) is 0 Å². The first-order chi connectivity index (χ1) is 18.4. The summed E-state index contributed by atoms with van der Waals surface area (Å²) in [7, 11) is 0. The van der Waals surface area contributed by atoms with Crippen molar-refractivity contribution < 1.29 is 24.9 Å². The summed E-state index contributed by atoms with van der Waals surface area (Å²) < 4.78 is 0. The van der Waals surface area contributed by atoms with E-state index in [0.29, 0.717) is 12.8 Å². The minimum atomic E-state index is -2.47. The van der Waals surface area contributed by atoms with Crippen molar-refractivity contribution >= 4 is 11.6 Å². The SMILES string of the molecule is CCCCCCCCCCCCCCC(=O)C(O)(C(=O)CCCCCCCCCCCCCC)[C@@H](O)CO. The van der Waals surface area contributed by atoms with Crippen LogP contribution >= 0.6 is 0 Å². The van der Waals surface area contributed by atoms with Gasteiger partial charge in [-0.3, -0.25) is 9.59 Å². The average molecular weight is 541 g/mol. The van der Waals surface area contributed by atoms with E-state index in [1.807, 2.05) is 0 Å². The first-order valence-corrected chi connectivity index (χ1v) is 16.5. The van der Waals surface area contributed by atoms with Crippen LogP contribution in [-0.4, -0.2) is 45.2 Å². The van der Waals surface area contributed by atoms with E-state index in [9.17, 15) is 24.9 Å². The number of hydrogen-bond acceptors (Lipinski definition) is 5. The van der Waals surface area contributed by atoms with Crippen molar-refractivity contribution in [1.82, 2.24) is 0 Å². The van der Waals surface area contributed by atoms with E-state index >= 15 is 0 Å². The molecule has 0 fully saturated rings. The molecule has 5 nitrogen and oxygen atoms in total. The van der Waals surface area contributed by atoms with Crippen LogP contribution in [0.3, 0.4) is 0 Å². The fraction of sp³-hybridized carbons (Fsp3) is 0.939. The van der Waals surface area contributed by atoms with Crippen molar-refractivity contribution in [3.63, 3.8) is 0 Å². The molecule has 226 valence electrons. The molecule has 1 atom stereocenters. The third-order valence-electron chi connectivity index (χ3n) is 8.02. The number of hydrogen-bond donors (Lipinski definition) is 3. The minimum Gasteiger partial charge on any atom is -0.394 e. The van der Waals surface area contributed by atoms with Gasteiger partial charge < -0.3 is 15.3 Å². The maximum absolute atomic E-state index is 12.8. The number of ketones is 2. The number of rotatable bonds is 30. The third-order valence-corrected chi connectivity index (χ3v) is 8.02. The van der Waals surface area contributed by atoms with E-state index in [-0.39, 0.29) is 12.8 Å². The van der Waals surface area contributed by atoms with Gasteiger partial charge in [0.1, 0.15) is 6.10 Å². The maximum atomic E-state index is 12.8. The van der Waals surface area contributed by atoms with Crippen LogP contribution in [0, 0.1) is 0 Å². The normalized spacial score (nSPS) is 12.7. The molecule has 0 spiro atoms. The molecule has 0 unspecified atom stereocenters. The highest BCUT2D eigenvalue weighted by Crippen LogP contribution is 2.22. The van der Waals surface area contributed by atoms with Gasteiger partial charge in [-0.25, -0.2) is 0 Å². The van der Waals surface area contributed by atoms with Gasteiger partial charge in [-0.2, -0.15) is 0 Å². The molecule has 0 amide bonds. The minimum absolute atomic E-state index is 0.0647. The molecule has 0 radical (unpaired) electrons. The predicted octanol–water partition coefficient (Wildman–Crippen LogP) is 8.39. The molecule has 0 heterocycles. The summed E-state index contributed by atoms with van der Waals surface area (Å²) in [5.41, 5.74) is -2.47. The Morgan fingerprint density at radius 2 is 0.737 bits per heavy atom. The first-order valence-electron chi connectivity index (χ1n) is 16.5. The highest BCUT2D eigenvalue weighted by molar-refractivity contribution is 6.10. The fourth-order valence-electron chi connectivity index (χ4n) is 5.29. The molecule has 0 aromatic rings. The molecular formula is C33H64O5. The molecule has 0 rings (SSSR count). The van der Waals surface area contributed by atoms with Gasteiger partial charge in [0.25, 0.3) is 0 Å². The second-order valence-electron chi connectivity index (χ2n) is 11.6. The van der Waals surface area contributed by atoms with Gasteiger partial charge >= 0.3 is 0 Å². The van der Waals surface area contributed by atoms with E-state index in [2.05, 4.69) is 13.8 Å². The molecule has 3 N–H and O–H groups in total. The van der Waals surface area contributed by atoms with E-state index < -0.39 is 29.9 Å². The van der Waals surface area contributed by atoms with Gasteiger partial charge in [0.05, 0.1) is 6.61 Å². The Kier molecular flexibility index (Phi) is 25.9. The van der Waals surface area contributed by atoms with E-state index in [0.717, 1.165) is 38.5 Å². The van der Waals surface area contributed by atoms with Crippen LogP contribution < -0.4 is 0 Å². The third kappa shape index (κ3) is 18.5. The average Bonchev–Trinajstić information content (AvgIpc) is 2.92. The lowest BCUT2D eigenvalue weighted by Crippen LogP contribution is -2.57. The second kappa shape index (κ2) is 26.4. The van der Waals surface area contributed by atoms with Gasteiger partial charge in [0, 0.05) is 12.8 Å². The van der Waals surface area contributed by atoms with Crippen LogP contribution in [0.1, 0.15) is 181 Å². The van der Waals surface area contributed by atoms with Gasteiger partial charge in [-0.05, 0) is 12.8 Å². The number of carbonyl (C=O) groups is 2. The van der Waals surface area contributed by atoms with Crippen LogP contribution in [0.2, 0.25) is 0 Å². The summed E-state index contributed by atoms with van der Waals surface area (Å²) in [6.07, 6.45) is 26.5. The Bertz CT molecular complexity index is 508. The zero-order valence-corrected chi connectivity index (χ0v) is 25.3. The monoisotopic (exact) mass is 540 g/mol. The Labute approximate surface area is 235 Å². The Morgan fingerprint density at radius 3 is 0.974 bits per heavy atom. The number of unbranched alkanes of at least 4 members (excludes halogenated alkanes) is 22. The molecule has 5 heteroatoms. The summed E-state index contributed by atoms with van der Waals surface area (Å²) in [4.78, 5) is 25.5. The van der Waals surface area contributed by atoms with Crippen molar-refractivity contribution in [3.05, 3.63) is 0 Å². The van der Waals surface area contributed by atoms with Crippen molar-refractivity contribution in [3.8, 4) is 0 Å². The molecule has 0 saturated carbocycles. The van der Waals surface area contributed by atoms with Crippen molar-refractivity contribution in [1.29, 1.82) is 0 Å². The quantitative estimate of drug-likeness (QED) is 0.0628. The molecule has 0 aliphatic carbocycles. The van der Waals surface area contributed by atoms with Gasteiger partial charge in [-0.15, -0.1) is 0 Å². The maximum Gasteiger partial charge on any atom is 0.209 e. The molecule has 0 aliphatic rings. The number of aliphatic hydroxyl groups excluding tert-OH is 2. The van der Waals surface area contributed by atoms with Gasteiger partial charge in [-0.1, -0.05) is 155 Å². The fourth-order valence-corrected chi connectivity index (χ4v) is 5.29. The van der Waals surface area contributed by atoms with Crippen LogP contribution in [0.25, 0.3) is 0 Å². The topological polar surface area (TPSA) is 94.8 Å². The van der Waals surface area contributed by atoms with Crippen LogP contribution in [0.15, 0.2) is 0 Å². The van der Waals surface area contributed by atoms with Crippen LogP contribution in [0.4, 0.5) is 0 Å². The summed E-state index contributed by atoms with van der Waals surface area (Å²) in [6, 6.07) is 0. The molecule has 0 bridgehead atoms. The van der Waals surface area contributed by atoms with Gasteiger partial charge in [0.15, 0.2) is 11.6 Å². The summed E-state index contributed by atoms with van der Waals surface area (Å²) in [6.45, 7) is 3.67. The molecule has 38 heavy (non-hydrogen) atoms. The lowest BCUT2D eigenvalue weighted by atomic mass is 9.82. The van der Waals surface area contributed by atoms with Crippen molar-refractivity contribution in [2.75, 3.05) is 6.61 Å². The highest BCUT2D eigenvalue weighted by atomic mass is 16.4. The van der Waals surface area contributed by atoms with Crippen molar-refractivity contribution in [2.45, 2.75) is 192 Å². The van der Waals surface area contributed by atoms with E-state index in [1.165, 1.54) is 103 Å². The molecule has 0 aromatic heterocycles. The molecular weight excluding hydrogens is 476 g/mol. The zero-order valence-electron chi connectivity index (χ0n) is 25.3. The molecule has 0 saturated heterocycles. The van der Waals surface area contributed by atoms with E-state index in [4.69, 9.17) is 0 Å². The van der Waals surface area contributed by atoms with Crippen LogP contribution in [-0.2, 0) is 9.59 Å². The predicted molar refractivity (Wildman–Crippen MR) is 159 cm³/mol. The molecule has 0 aromatic carbocycles. The number of aliphatic hydroxyl groups is 3. The number of Topliss-reactive ketones (excluding diaryl/α,β-unsaturated/α-hetero) is 2. The lowest BCUT2D eigenvalue weighted by molar-refractivity contribution is -0.166. The highest BCUT2D eigenvalue weighted by Gasteiger charge is 2.48. The Balaban J connectivity index is 4.04. The smallest absolute Gasteiger partial charge is 0.209 e. The zero-order chi connectivity index (χ0) is 28.3. The van der Waals surface area contributed by atoms with Crippen LogP contribution in [0.5, 0.6) is 0 Å². The Morgan fingerprint density at radius 1 is 0.500 bits per heavy atom. The molecule has 0 aliphatic heterocycles. The lowest BCUT2D eigenvalue weighted by Gasteiger charge is -2.29. The summed E-state index contributed by atoms with van der Waals surface area (Å²) in [5, 5.41) is 30.4. The van der Waals surface area contributed by atoms with Crippen molar-refractivity contribution in [2.24, 2.45) is 0 Å². The second-order valence-corrected chi connectivity index (χ2v) is 11.6. The largest absolute Gasteiger partial charge is 0.394 e. The van der Waals surface area contributed by atoms with Gasteiger partial charge in [0.2, 0.25) is 5.60 Å². The first kappa shape index (κ1) is 37.2. The number of carbonyl (C=O) groups excluding carboxylic acids is 2. The summed E-state index contributed by atoms with van der Waals surface area (Å²) >= 11 is 0.